The number of methoxy groups -OCH3 is 1. The second-order valence-corrected chi connectivity index (χ2v) is 4.97. The predicted octanol–water partition coefficient (Wildman–Crippen LogP) is 4.14. The molecule has 0 saturated carbocycles. The zero-order chi connectivity index (χ0) is 14.0. The van der Waals surface area contributed by atoms with Gasteiger partial charge in [0, 0.05) is 10.0 Å². The third-order valence-corrected chi connectivity index (χ3v) is 3.74. The van der Waals surface area contributed by atoms with Crippen LogP contribution in [-0.2, 0) is 0 Å². The summed E-state index contributed by atoms with van der Waals surface area (Å²) in [4.78, 5) is 12.3. The Morgan fingerprint density at radius 3 is 2.63 bits per heavy atom. The fourth-order valence-corrected chi connectivity index (χ4v) is 2.03. The molecule has 0 fully saturated rings. The lowest BCUT2D eigenvalue weighted by Crippen LogP contribution is -2.05. The summed E-state index contributed by atoms with van der Waals surface area (Å²) < 4.78 is 19.8. The largest absolute Gasteiger partial charge is 0.494 e. The summed E-state index contributed by atoms with van der Waals surface area (Å²) >= 11 is 3.37. The lowest BCUT2D eigenvalue weighted by molar-refractivity contribution is 0.103. The Hall–Kier alpha value is -1.68. The maximum Gasteiger partial charge on any atom is 0.196 e. The summed E-state index contributed by atoms with van der Waals surface area (Å²) in [5.41, 5.74) is 1.39. The van der Waals surface area contributed by atoms with E-state index >= 15 is 0 Å². The van der Waals surface area contributed by atoms with E-state index in [9.17, 15) is 9.18 Å². The number of hydrogen-bond acceptors (Lipinski definition) is 2. The lowest BCUT2D eigenvalue weighted by Gasteiger charge is -2.07. The van der Waals surface area contributed by atoms with Gasteiger partial charge in [-0.15, -0.1) is 0 Å². The molecular formula is C15H12BrFO2. The molecule has 0 bridgehead atoms. The molecule has 0 atom stereocenters. The van der Waals surface area contributed by atoms with Gasteiger partial charge in [-0.1, -0.05) is 22.0 Å². The van der Waals surface area contributed by atoms with E-state index in [1.807, 2.05) is 6.92 Å². The summed E-state index contributed by atoms with van der Waals surface area (Å²) in [6.45, 7) is 1.88. The highest BCUT2D eigenvalue weighted by molar-refractivity contribution is 9.10. The minimum Gasteiger partial charge on any atom is -0.494 e. The number of carbonyl (C=O) groups is 1. The first-order valence-electron chi connectivity index (χ1n) is 5.68. The Labute approximate surface area is 119 Å². The van der Waals surface area contributed by atoms with Crippen LogP contribution >= 0.6 is 15.9 Å². The van der Waals surface area contributed by atoms with Gasteiger partial charge in [-0.3, -0.25) is 4.79 Å². The van der Waals surface area contributed by atoms with Gasteiger partial charge in [-0.05, 0) is 42.8 Å². The second kappa shape index (κ2) is 5.53. The van der Waals surface area contributed by atoms with E-state index in [-0.39, 0.29) is 17.1 Å². The minimum atomic E-state index is -0.629. The van der Waals surface area contributed by atoms with Gasteiger partial charge in [0.1, 0.15) is 0 Å². The maximum atomic E-state index is 14.0. The highest BCUT2D eigenvalue weighted by Crippen LogP contribution is 2.24. The summed E-state index contributed by atoms with van der Waals surface area (Å²) in [6, 6.07) is 9.71. The highest BCUT2D eigenvalue weighted by Gasteiger charge is 2.17. The van der Waals surface area contributed by atoms with Gasteiger partial charge in [0.25, 0.3) is 0 Å². The third-order valence-electron chi connectivity index (χ3n) is 2.85. The molecule has 2 rings (SSSR count). The quantitative estimate of drug-likeness (QED) is 0.794. The fourth-order valence-electron chi connectivity index (χ4n) is 1.79. The molecule has 19 heavy (non-hydrogen) atoms. The van der Waals surface area contributed by atoms with Crippen LogP contribution in [0.5, 0.6) is 5.75 Å². The van der Waals surface area contributed by atoms with Crippen molar-refractivity contribution in [3.8, 4) is 5.75 Å². The molecule has 98 valence electrons. The van der Waals surface area contributed by atoms with Gasteiger partial charge in [0.15, 0.2) is 17.3 Å². The highest BCUT2D eigenvalue weighted by atomic mass is 79.9. The topological polar surface area (TPSA) is 26.3 Å². The standard InChI is InChI=1S/C15H12BrFO2/c1-9-8-10(6-7-12(9)16)15(18)11-4-3-5-13(19-2)14(11)17/h3-8H,1-2H3. The molecule has 0 N–H and O–H groups in total. The molecule has 0 radical (unpaired) electrons. The number of rotatable bonds is 3. The molecule has 0 unspecified atom stereocenters. The number of carbonyl (C=O) groups excluding carboxylic acids is 1. The lowest BCUT2D eigenvalue weighted by atomic mass is 10.0. The van der Waals surface area contributed by atoms with Crippen LogP contribution in [0.1, 0.15) is 21.5 Å². The molecule has 0 aliphatic rings. The van der Waals surface area contributed by atoms with E-state index in [0.717, 1.165) is 10.0 Å². The van der Waals surface area contributed by atoms with Crippen molar-refractivity contribution in [3.05, 3.63) is 63.4 Å². The van der Waals surface area contributed by atoms with E-state index in [1.165, 1.54) is 19.2 Å². The van der Waals surface area contributed by atoms with Gasteiger partial charge in [-0.2, -0.15) is 0 Å². The Kier molecular flexibility index (Phi) is 4.00. The maximum absolute atomic E-state index is 14.0. The van der Waals surface area contributed by atoms with Gasteiger partial charge in [0.2, 0.25) is 0 Å². The van der Waals surface area contributed by atoms with Crippen LogP contribution in [0.4, 0.5) is 4.39 Å². The molecule has 0 saturated heterocycles. The van der Waals surface area contributed by atoms with E-state index in [0.29, 0.717) is 5.56 Å². The summed E-state index contributed by atoms with van der Waals surface area (Å²) in [7, 11) is 1.37. The molecule has 4 heteroatoms. The van der Waals surface area contributed by atoms with Crippen LogP contribution in [0.3, 0.4) is 0 Å². The molecule has 0 spiro atoms. The zero-order valence-corrected chi connectivity index (χ0v) is 12.1. The average Bonchev–Trinajstić information content (AvgIpc) is 2.41. The van der Waals surface area contributed by atoms with Gasteiger partial charge < -0.3 is 4.74 Å². The molecule has 2 nitrogen and oxygen atoms in total. The molecule has 0 amide bonds. The van der Waals surface area contributed by atoms with Crippen molar-refractivity contribution in [3.63, 3.8) is 0 Å². The van der Waals surface area contributed by atoms with Crippen molar-refractivity contribution in [2.24, 2.45) is 0 Å². The van der Waals surface area contributed by atoms with Crippen molar-refractivity contribution >= 4 is 21.7 Å². The number of hydrogen-bond donors (Lipinski definition) is 0. The molecule has 2 aromatic rings. The third kappa shape index (κ3) is 2.68. The van der Waals surface area contributed by atoms with Crippen molar-refractivity contribution in [1.82, 2.24) is 0 Å². The summed E-state index contributed by atoms with van der Waals surface area (Å²) in [6.07, 6.45) is 0. The normalized spacial score (nSPS) is 10.3. The van der Waals surface area contributed by atoms with E-state index in [2.05, 4.69) is 15.9 Å². The number of ether oxygens (including phenoxy) is 1. The Morgan fingerprint density at radius 1 is 1.26 bits per heavy atom. The van der Waals surface area contributed by atoms with Crippen LogP contribution in [0.15, 0.2) is 40.9 Å². The van der Waals surface area contributed by atoms with Crippen LogP contribution in [0.25, 0.3) is 0 Å². The van der Waals surface area contributed by atoms with E-state index in [4.69, 9.17) is 4.74 Å². The van der Waals surface area contributed by atoms with Crippen molar-refractivity contribution in [1.29, 1.82) is 0 Å². The molecule has 0 aliphatic heterocycles. The molecule has 0 heterocycles. The molecule has 0 aromatic heterocycles. The summed E-state index contributed by atoms with van der Waals surface area (Å²) in [5.74, 6) is -0.915. The Morgan fingerprint density at radius 2 is 2.00 bits per heavy atom. The number of aryl methyl sites for hydroxylation is 1. The minimum absolute atomic E-state index is 0.0149. The van der Waals surface area contributed by atoms with Gasteiger partial charge in [0.05, 0.1) is 12.7 Å². The number of ketones is 1. The first kappa shape index (κ1) is 13.7. The predicted molar refractivity (Wildman–Crippen MR) is 75.3 cm³/mol. The summed E-state index contributed by atoms with van der Waals surface area (Å²) in [5, 5.41) is 0. The Bertz CT molecular complexity index is 638. The Balaban J connectivity index is 2.47. The van der Waals surface area contributed by atoms with Gasteiger partial charge >= 0.3 is 0 Å². The monoisotopic (exact) mass is 322 g/mol. The second-order valence-electron chi connectivity index (χ2n) is 4.11. The van der Waals surface area contributed by atoms with E-state index < -0.39 is 5.82 Å². The first-order chi connectivity index (χ1) is 9.04. The van der Waals surface area contributed by atoms with Crippen LogP contribution < -0.4 is 4.74 Å². The zero-order valence-electron chi connectivity index (χ0n) is 10.5. The van der Waals surface area contributed by atoms with Crippen molar-refractivity contribution in [2.75, 3.05) is 7.11 Å². The van der Waals surface area contributed by atoms with Crippen molar-refractivity contribution < 1.29 is 13.9 Å². The van der Waals surface area contributed by atoms with Crippen LogP contribution in [-0.4, -0.2) is 12.9 Å². The van der Waals surface area contributed by atoms with Crippen molar-refractivity contribution in [2.45, 2.75) is 6.92 Å². The van der Waals surface area contributed by atoms with Crippen LogP contribution in [0.2, 0.25) is 0 Å². The molecule has 0 aliphatic carbocycles. The van der Waals surface area contributed by atoms with Crippen LogP contribution in [0, 0.1) is 12.7 Å². The molecule has 2 aromatic carbocycles. The first-order valence-corrected chi connectivity index (χ1v) is 6.47. The average molecular weight is 323 g/mol. The SMILES string of the molecule is COc1cccc(C(=O)c2ccc(Br)c(C)c2)c1F. The fraction of sp³-hybridized carbons (Fsp3) is 0.133. The van der Waals surface area contributed by atoms with Gasteiger partial charge in [-0.25, -0.2) is 4.39 Å². The smallest absolute Gasteiger partial charge is 0.196 e. The number of halogens is 2. The number of benzene rings is 2. The van der Waals surface area contributed by atoms with E-state index in [1.54, 1.807) is 24.3 Å². The molecular weight excluding hydrogens is 311 g/mol.